The minimum absolute atomic E-state index is 0.115. The van der Waals surface area contributed by atoms with Crippen LogP contribution in [0.3, 0.4) is 0 Å². The number of nitrogens with zero attached hydrogens (tertiary/aromatic N) is 1. The SMILES string of the molecule is COc1ccc(CN2C(=O)/C(=C/c3ccc(OC)c(F)c3)c3ccccc3C2=O)cc1. The van der Waals surface area contributed by atoms with Crippen molar-refractivity contribution in [1.29, 1.82) is 0 Å². The maximum absolute atomic E-state index is 14.2. The van der Waals surface area contributed by atoms with E-state index in [0.29, 0.717) is 28.0 Å². The van der Waals surface area contributed by atoms with Crippen LogP contribution >= 0.6 is 0 Å². The van der Waals surface area contributed by atoms with E-state index >= 15 is 0 Å². The van der Waals surface area contributed by atoms with E-state index < -0.39 is 11.7 Å². The Morgan fingerprint density at radius 1 is 0.871 bits per heavy atom. The van der Waals surface area contributed by atoms with Gasteiger partial charge in [-0.15, -0.1) is 0 Å². The van der Waals surface area contributed by atoms with Crippen molar-refractivity contribution >= 4 is 23.5 Å². The van der Waals surface area contributed by atoms with E-state index in [4.69, 9.17) is 9.47 Å². The molecule has 0 N–H and O–H groups in total. The number of hydrogen-bond donors (Lipinski definition) is 0. The molecular weight excluding hydrogens is 397 g/mol. The van der Waals surface area contributed by atoms with Gasteiger partial charge in [0.05, 0.1) is 20.8 Å². The molecule has 3 aromatic carbocycles. The number of methoxy groups -OCH3 is 2. The first-order valence-electron chi connectivity index (χ1n) is 9.65. The summed E-state index contributed by atoms with van der Waals surface area (Å²) >= 11 is 0. The highest BCUT2D eigenvalue weighted by atomic mass is 19.1. The third kappa shape index (κ3) is 3.92. The molecule has 3 aromatic rings. The molecule has 1 heterocycles. The van der Waals surface area contributed by atoms with Crippen LogP contribution < -0.4 is 9.47 Å². The summed E-state index contributed by atoms with van der Waals surface area (Å²) in [6.07, 6.45) is 1.59. The lowest BCUT2D eigenvalue weighted by atomic mass is 9.91. The molecule has 0 saturated heterocycles. The third-order valence-electron chi connectivity index (χ3n) is 5.15. The Hall–Kier alpha value is -3.93. The fourth-order valence-corrected chi connectivity index (χ4v) is 3.54. The van der Waals surface area contributed by atoms with Crippen molar-refractivity contribution in [3.63, 3.8) is 0 Å². The number of carbonyl (C=O) groups is 2. The van der Waals surface area contributed by atoms with Gasteiger partial charge in [-0.05, 0) is 53.1 Å². The largest absolute Gasteiger partial charge is 0.497 e. The van der Waals surface area contributed by atoms with Crippen molar-refractivity contribution in [3.8, 4) is 11.5 Å². The maximum atomic E-state index is 14.2. The van der Waals surface area contributed by atoms with Crippen molar-refractivity contribution in [3.05, 3.63) is 94.8 Å². The minimum atomic E-state index is -0.528. The van der Waals surface area contributed by atoms with Crippen LogP contribution in [0.2, 0.25) is 0 Å². The summed E-state index contributed by atoms with van der Waals surface area (Å²) < 4.78 is 24.3. The average molecular weight is 417 g/mol. The number of carbonyl (C=O) groups excluding carboxylic acids is 2. The molecule has 4 rings (SSSR count). The number of hydrogen-bond acceptors (Lipinski definition) is 4. The predicted molar refractivity (Wildman–Crippen MR) is 115 cm³/mol. The Balaban J connectivity index is 1.75. The molecule has 0 bridgehead atoms. The molecule has 0 aromatic heterocycles. The van der Waals surface area contributed by atoms with Gasteiger partial charge >= 0.3 is 0 Å². The van der Waals surface area contributed by atoms with E-state index in [0.717, 1.165) is 5.56 Å². The molecule has 0 fully saturated rings. The summed E-state index contributed by atoms with van der Waals surface area (Å²) in [5.74, 6) is -0.522. The third-order valence-corrected chi connectivity index (χ3v) is 5.15. The number of fused-ring (bicyclic) bond motifs is 1. The number of benzene rings is 3. The van der Waals surface area contributed by atoms with Crippen molar-refractivity contribution in [1.82, 2.24) is 4.90 Å². The second-order valence-corrected chi connectivity index (χ2v) is 7.04. The summed E-state index contributed by atoms with van der Waals surface area (Å²) in [6, 6.07) is 18.6. The Morgan fingerprint density at radius 2 is 1.58 bits per heavy atom. The normalized spacial score (nSPS) is 14.5. The van der Waals surface area contributed by atoms with Crippen LogP contribution in [0.25, 0.3) is 11.6 Å². The zero-order valence-corrected chi connectivity index (χ0v) is 17.1. The van der Waals surface area contributed by atoms with Gasteiger partial charge in [0.2, 0.25) is 0 Å². The monoisotopic (exact) mass is 417 g/mol. The highest BCUT2D eigenvalue weighted by Crippen LogP contribution is 2.32. The average Bonchev–Trinajstić information content (AvgIpc) is 2.80. The molecule has 156 valence electrons. The first-order valence-corrected chi connectivity index (χ1v) is 9.65. The minimum Gasteiger partial charge on any atom is -0.497 e. The fourth-order valence-electron chi connectivity index (χ4n) is 3.54. The van der Waals surface area contributed by atoms with Gasteiger partial charge in [0.25, 0.3) is 11.8 Å². The first kappa shape index (κ1) is 20.3. The molecule has 1 aliphatic rings. The molecule has 5 nitrogen and oxygen atoms in total. The molecule has 0 aliphatic carbocycles. The molecule has 2 amide bonds. The van der Waals surface area contributed by atoms with Crippen molar-refractivity contribution in [2.45, 2.75) is 6.54 Å². The second-order valence-electron chi connectivity index (χ2n) is 7.04. The van der Waals surface area contributed by atoms with Gasteiger partial charge < -0.3 is 9.47 Å². The van der Waals surface area contributed by atoms with Crippen LogP contribution in [0.4, 0.5) is 4.39 Å². The van der Waals surface area contributed by atoms with Crippen LogP contribution in [0.1, 0.15) is 27.0 Å². The van der Waals surface area contributed by atoms with Gasteiger partial charge in [0.15, 0.2) is 11.6 Å². The number of imide groups is 1. The Bertz CT molecular complexity index is 1180. The molecule has 1 aliphatic heterocycles. The zero-order chi connectivity index (χ0) is 22.0. The topological polar surface area (TPSA) is 55.8 Å². The molecule has 0 radical (unpaired) electrons. The molecule has 6 heteroatoms. The Labute approximate surface area is 179 Å². The first-order chi connectivity index (χ1) is 15.0. The number of rotatable bonds is 5. The summed E-state index contributed by atoms with van der Waals surface area (Å²) in [6.45, 7) is 0.115. The van der Waals surface area contributed by atoms with Crippen molar-refractivity contribution in [2.24, 2.45) is 0 Å². The van der Waals surface area contributed by atoms with E-state index in [1.54, 1.807) is 55.7 Å². The van der Waals surface area contributed by atoms with Crippen molar-refractivity contribution < 1.29 is 23.5 Å². The van der Waals surface area contributed by atoms with Gasteiger partial charge in [-0.1, -0.05) is 36.4 Å². The molecule has 0 atom stereocenters. The van der Waals surface area contributed by atoms with E-state index in [1.807, 2.05) is 12.1 Å². The van der Waals surface area contributed by atoms with Crippen LogP contribution in [0, 0.1) is 5.82 Å². The summed E-state index contributed by atoms with van der Waals surface area (Å²) in [7, 11) is 2.96. The summed E-state index contributed by atoms with van der Waals surface area (Å²) in [4.78, 5) is 27.6. The highest BCUT2D eigenvalue weighted by molar-refractivity contribution is 6.33. The lowest BCUT2D eigenvalue weighted by molar-refractivity contribution is -0.123. The maximum Gasteiger partial charge on any atom is 0.261 e. The molecule has 31 heavy (non-hydrogen) atoms. The summed E-state index contributed by atoms with van der Waals surface area (Å²) in [5.41, 5.74) is 2.57. The molecule has 0 saturated carbocycles. The van der Waals surface area contributed by atoms with E-state index in [-0.39, 0.29) is 18.2 Å². The summed E-state index contributed by atoms with van der Waals surface area (Å²) in [5, 5.41) is 0. The standard InChI is InChI=1S/C25H20FNO4/c1-30-18-10-7-16(8-11-18)15-27-24(28)20-6-4-3-5-19(20)21(25(27)29)13-17-9-12-23(31-2)22(26)14-17/h3-14H,15H2,1-2H3/b21-13+. The second kappa shape index (κ2) is 8.44. The van der Waals surface area contributed by atoms with Gasteiger partial charge in [-0.3, -0.25) is 14.5 Å². The lowest BCUT2D eigenvalue weighted by Crippen LogP contribution is -2.41. The van der Waals surface area contributed by atoms with Gasteiger partial charge in [0.1, 0.15) is 5.75 Å². The van der Waals surface area contributed by atoms with Gasteiger partial charge in [0, 0.05) is 11.1 Å². The number of halogens is 1. The molecule has 0 spiro atoms. The van der Waals surface area contributed by atoms with Crippen LogP contribution in [-0.2, 0) is 11.3 Å². The van der Waals surface area contributed by atoms with Crippen LogP contribution in [0.5, 0.6) is 11.5 Å². The lowest BCUT2D eigenvalue weighted by Gasteiger charge is -2.29. The quantitative estimate of drug-likeness (QED) is 0.451. The molecule has 0 unspecified atom stereocenters. The van der Waals surface area contributed by atoms with Gasteiger partial charge in [-0.2, -0.15) is 0 Å². The number of amides is 2. The zero-order valence-electron chi connectivity index (χ0n) is 17.1. The number of ether oxygens (including phenoxy) is 2. The van der Waals surface area contributed by atoms with E-state index in [1.165, 1.54) is 24.1 Å². The van der Waals surface area contributed by atoms with Crippen LogP contribution in [-0.4, -0.2) is 30.9 Å². The predicted octanol–water partition coefficient (Wildman–Crippen LogP) is 4.57. The fraction of sp³-hybridized carbons (Fsp3) is 0.120. The highest BCUT2D eigenvalue weighted by Gasteiger charge is 2.34. The smallest absolute Gasteiger partial charge is 0.261 e. The van der Waals surface area contributed by atoms with E-state index in [2.05, 4.69) is 0 Å². The van der Waals surface area contributed by atoms with E-state index in [9.17, 15) is 14.0 Å². The Morgan fingerprint density at radius 3 is 2.23 bits per heavy atom. The van der Waals surface area contributed by atoms with Crippen LogP contribution in [0.15, 0.2) is 66.7 Å². The van der Waals surface area contributed by atoms with Gasteiger partial charge in [-0.25, -0.2) is 4.39 Å². The van der Waals surface area contributed by atoms with Crippen molar-refractivity contribution in [2.75, 3.05) is 14.2 Å². The Kier molecular flexibility index (Phi) is 5.54. The molecular formula is C25H20FNO4.